The fraction of sp³-hybridized carbons (Fsp3) is 0.200. The third-order valence-corrected chi connectivity index (χ3v) is 3.08. The van der Waals surface area contributed by atoms with E-state index in [4.69, 9.17) is 28.9 Å². The van der Waals surface area contributed by atoms with Crippen molar-refractivity contribution in [3.8, 4) is 0 Å². The Bertz CT molecular complexity index is 444. The van der Waals surface area contributed by atoms with E-state index in [0.29, 0.717) is 15.2 Å². The fourth-order valence-electron chi connectivity index (χ4n) is 0.944. The number of nitrogens with two attached hydrogens (primary N) is 1. The summed E-state index contributed by atoms with van der Waals surface area (Å²) in [6, 6.07) is 5.30. The second kappa shape index (κ2) is 6.13. The van der Waals surface area contributed by atoms with Gasteiger partial charge in [0.05, 0.1) is 15.8 Å². The lowest BCUT2D eigenvalue weighted by Gasteiger charge is -2.01. The molecule has 6 heteroatoms. The number of amidine groups is 1. The molecular weight excluding hydrogens is 265 g/mol. The van der Waals surface area contributed by atoms with Crippen molar-refractivity contribution in [3.05, 3.63) is 33.8 Å². The predicted octanol–water partition coefficient (Wildman–Crippen LogP) is 3.40. The molecule has 0 aliphatic rings. The van der Waals surface area contributed by atoms with Gasteiger partial charge < -0.3 is 5.73 Å². The third-order valence-electron chi connectivity index (χ3n) is 1.85. The van der Waals surface area contributed by atoms with Gasteiger partial charge in [-0.05, 0) is 30.9 Å². The molecule has 0 aliphatic heterocycles. The Kier molecular flexibility index (Phi) is 5.12. The van der Waals surface area contributed by atoms with E-state index in [1.54, 1.807) is 12.1 Å². The van der Waals surface area contributed by atoms with Crippen molar-refractivity contribution in [1.82, 2.24) is 0 Å². The maximum Gasteiger partial charge on any atom is 0.180 e. The van der Waals surface area contributed by atoms with Gasteiger partial charge in [-0.2, -0.15) is 5.10 Å². The van der Waals surface area contributed by atoms with Crippen LogP contribution in [0.15, 0.2) is 28.4 Å². The first kappa shape index (κ1) is 13.4. The average molecular weight is 276 g/mol. The summed E-state index contributed by atoms with van der Waals surface area (Å²) in [4.78, 5) is 0. The van der Waals surface area contributed by atoms with E-state index in [1.807, 2.05) is 19.2 Å². The van der Waals surface area contributed by atoms with E-state index >= 15 is 0 Å². The van der Waals surface area contributed by atoms with Crippen LogP contribution in [0.25, 0.3) is 0 Å². The summed E-state index contributed by atoms with van der Waals surface area (Å²) in [5, 5.41) is 9.26. The molecule has 0 fully saturated rings. The van der Waals surface area contributed by atoms with Crippen molar-refractivity contribution < 1.29 is 0 Å². The zero-order valence-electron chi connectivity index (χ0n) is 8.87. The fourth-order valence-corrected chi connectivity index (χ4v) is 1.36. The summed E-state index contributed by atoms with van der Waals surface area (Å²) in [6.07, 6.45) is 1.84. The monoisotopic (exact) mass is 275 g/mol. The first-order chi connectivity index (χ1) is 7.54. The van der Waals surface area contributed by atoms with Crippen LogP contribution in [0.5, 0.6) is 0 Å². The molecular formula is C10H11Cl2N3S. The highest BCUT2D eigenvalue weighted by Crippen LogP contribution is 2.22. The molecule has 1 aromatic rings. The summed E-state index contributed by atoms with van der Waals surface area (Å²) in [5.74, 6) is 0. The largest absolute Gasteiger partial charge is 0.377 e. The molecule has 0 aromatic heterocycles. The second-order valence-corrected chi connectivity index (χ2v) is 4.60. The van der Waals surface area contributed by atoms with E-state index in [2.05, 4.69) is 10.2 Å². The van der Waals surface area contributed by atoms with Gasteiger partial charge >= 0.3 is 0 Å². The van der Waals surface area contributed by atoms with Crippen molar-refractivity contribution in [2.75, 3.05) is 6.26 Å². The lowest BCUT2D eigenvalue weighted by Crippen LogP contribution is -2.05. The SMILES string of the molecule is CS/C(N)=N/N=C(\C)c1ccc(Cl)c(Cl)c1. The van der Waals surface area contributed by atoms with Crippen LogP contribution in [0.1, 0.15) is 12.5 Å². The second-order valence-electron chi connectivity index (χ2n) is 2.96. The van der Waals surface area contributed by atoms with Crippen molar-refractivity contribution >= 4 is 45.8 Å². The van der Waals surface area contributed by atoms with Crippen molar-refractivity contribution in [3.63, 3.8) is 0 Å². The van der Waals surface area contributed by atoms with Crippen LogP contribution in [0, 0.1) is 0 Å². The molecule has 0 saturated carbocycles. The van der Waals surface area contributed by atoms with Crippen molar-refractivity contribution in [2.24, 2.45) is 15.9 Å². The minimum atomic E-state index is 0.416. The molecule has 0 saturated heterocycles. The molecule has 0 amide bonds. The topological polar surface area (TPSA) is 50.7 Å². The molecule has 1 rings (SSSR count). The van der Waals surface area contributed by atoms with Crippen LogP contribution < -0.4 is 5.73 Å². The number of thioether (sulfide) groups is 1. The highest BCUT2D eigenvalue weighted by atomic mass is 35.5. The van der Waals surface area contributed by atoms with Gasteiger partial charge in [0.2, 0.25) is 0 Å². The minimum Gasteiger partial charge on any atom is -0.377 e. The summed E-state index contributed by atoms with van der Waals surface area (Å²) < 4.78 is 0. The zero-order valence-corrected chi connectivity index (χ0v) is 11.2. The van der Waals surface area contributed by atoms with Gasteiger partial charge in [0.1, 0.15) is 0 Å². The molecule has 3 nitrogen and oxygen atoms in total. The zero-order chi connectivity index (χ0) is 12.1. The average Bonchev–Trinajstić information content (AvgIpc) is 2.29. The molecule has 0 heterocycles. The van der Waals surface area contributed by atoms with Crippen LogP contribution in [-0.4, -0.2) is 17.1 Å². The highest BCUT2D eigenvalue weighted by Gasteiger charge is 2.02. The number of halogens is 2. The van der Waals surface area contributed by atoms with Crippen molar-refractivity contribution in [1.29, 1.82) is 0 Å². The lowest BCUT2D eigenvalue weighted by molar-refractivity contribution is 1.23. The molecule has 0 unspecified atom stereocenters. The standard InChI is InChI=1S/C10H11Cl2N3S/c1-6(14-15-10(13)16-2)7-3-4-8(11)9(12)5-7/h3-5H,1-2H3,(H2,13,15)/b14-6+. The summed E-state index contributed by atoms with van der Waals surface area (Å²) in [6.45, 7) is 1.83. The maximum absolute atomic E-state index is 5.90. The Morgan fingerprint density at radius 1 is 1.25 bits per heavy atom. The van der Waals surface area contributed by atoms with Crippen molar-refractivity contribution in [2.45, 2.75) is 6.92 Å². The van der Waals surface area contributed by atoms with E-state index < -0.39 is 0 Å². The third kappa shape index (κ3) is 3.70. The van der Waals surface area contributed by atoms with Gasteiger partial charge in [-0.15, -0.1) is 5.10 Å². The van der Waals surface area contributed by atoms with Gasteiger partial charge in [0.25, 0.3) is 0 Å². The predicted molar refractivity (Wildman–Crippen MR) is 73.8 cm³/mol. The van der Waals surface area contributed by atoms with E-state index in [0.717, 1.165) is 11.3 Å². The normalized spacial score (nSPS) is 13.0. The molecule has 2 N–H and O–H groups in total. The first-order valence-corrected chi connectivity index (χ1v) is 6.39. The van der Waals surface area contributed by atoms with Crippen LogP contribution in [0.3, 0.4) is 0 Å². The molecule has 0 atom stereocenters. The summed E-state index contributed by atoms with van der Waals surface area (Å²) >= 11 is 13.0. The quantitative estimate of drug-likeness (QED) is 0.511. The minimum absolute atomic E-state index is 0.416. The number of rotatable bonds is 2. The molecule has 0 bridgehead atoms. The molecule has 86 valence electrons. The van der Waals surface area contributed by atoms with Gasteiger partial charge in [0.15, 0.2) is 5.17 Å². The molecule has 0 aliphatic carbocycles. The Hall–Kier alpha value is -0.710. The number of nitrogens with zero attached hydrogens (tertiary/aromatic N) is 2. The van der Waals surface area contributed by atoms with Gasteiger partial charge in [-0.3, -0.25) is 0 Å². The highest BCUT2D eigenvalue weighted by molar-refractivity contribution is 8.13. The maximum atomic E-state index is 5.90. The smallest absolute Gasteiger partial charge is 0.180 e. The Morgan fingerprint density at radius 3 is 2.50 bits per heavy atom. The Morgan fingerprint density at radius 2 is 1.94 bits per heavy atom. The van der Waals surface area contributed by atoms with Crippen LogP contribution in [0.2, 0.25) is 10.0 Å². The van der Waals surface area contributed by atoms with Crippen LogP contribution in [-0.2, 0) is 0 Å². The molecule has 1 aromatic carbocycles. The Balaban J connectivity index is 2.96. The van der Waals surface area contributed by atoms with Crippen LogP contribution in [0.4, 0.5) is 0 Å². The van der Waals surface area contributed by atoms with E-state index in [1.165, 1.54) is 11.8 Å². The van der Waals surface area contributed by atoms with Gasteiger partial charge in [-0.1, -0.05) is 41.0 Å². The van der Waals surface area contributed by atoms with Gasteiger partial charge in [-0.25, -0.2) is 0 Å². The lowest BCUT2D eigenvalue weighted by atomic mass is 10.1. The molecule has 16 heavy (non-hydrogen) atoms. The molecule has 0 radical (unpaired) electrons. The molecule has 0 spiro atoms. The summed E-state index contributed by atoms with van der Waals surface area (Å²) in [7, 11) is 0. The number of hydrogen-bond acceptors (Lipinski definition) is 3. The van der Waals surface area contributed by atoms with Gasteiger partial charge in [0, 0.05) is 0 Å². The van der Waals surface area contributed by atoms with E-state index in [-0.39, 0.29) is 0 Å². The van der Waals surface area contributed by atoms with Crippen LogP contribution >= 0.6 is 35.0 Å². The number of benzene rings is 1. The first-order valence-electron chi connectivity index (χ1n) is 4.41. The van der Waals surface area contributed by atoms with E-state index in [9.17, 15) is 0 Å². The summed E-state index contributed by atoms with van der Waals surface area (Å²) in [5.41, 5.74) is 7.11. The Labute approximate surface area is 109 Å². The number of hydrogen-bond donors (Lipinski definition) is 1.